The molecule has 0 aliphatic carbocycles. The number of anilines is 1. The first kappa shape index (κ1) is 29.6. The molecule has 181 valence electrons. The molecule has 0 aliphatic heterocycles. The second-order valence-corrected chi connectivity index (χ2v) is 9.60. The summed E-state index contributed by atoms with van der Waals surface area (Å²) in [6, 6.07) is 10.4. The molecule has 3 aromatic rings. The maximum absolute atomic E-state index is 12.2. The van der Waals surface area contributed by atoms with Crippen LogP contribution in [0.3, 0.4) is 0 Å². The number of hydrogen-bond acceptors (Lipinski definition) is 7. The number of carbonyl (C=O) groups excluding carboxylic acids is 1. The monoisotopic (exact) mass is 580 g/mol. The fourth-order valence-electron chi connectivity index (χ4n) is 3.62. The van der Waals surface area contributed by atoms with Crippen molar-refractivity contribution in [2.75, 3.05) is 19.5 Å². The van der Waals surface area contributed by atoms with Gasteiger partial charge >= 0.3 is 242 Å². The first-order chi connectivity index (χ1) is 16.6. The van der Waals surface area contributed by atoms with Crippen LogP contribution in [0.15, 0.2) is 42.5 Å². The number of methoxy groups -OCH3 is 2. The maximum Gasteiger partial charge on any atom is 1.00 e. The predicted molar refractivity (Wildman–Crippen MR) is 133 cm³/mol. The Bertz CT molecular complexity index is 1350. The molecule has 4 N–H and O–H groups in total. The van der Waals surface area contributed by atoms with Crippen LogP contribution in [0.4, 0.5) is 5.69 Å². The van der Waals surface area contributed by atoms with Gasteiger partial charge in [-0.3, -0.25) is 0 Å². The first-order valence-electron chi connectivity index (χ1n) is 9.97. The summed E-state index contributed by atoms with van der Waals surface area (Å²) in [5, 5.41) is 33.1. The smallest absolute Gasteiger partial charge is 1.00 e. The Kier molecular flexibility index (Phi) is 10.3. The van der Waals surface area contributed by atoms with Gasteiger partial charge in [-0.25, -0.2) is 0 Å². The molecule has 0 saturated carbocycles. The number of carboxylic acids is 2. The fraction of sp³-hybridized carbons (Fsp3) is 0.125. The SMILES string of the molecule is COc1ccc(-c2cc([As][S-])c(O)c(-c3ccc(OC)c(C(=O)O)c3)c2NC(C)=O)cc1C(=O)O.[Na+]. The zero-order valence-electron chi connectivity index (χ0n) is 19.8. The van der Waals surface area contributed by atoms with Crippen molar-refractivity contribution in [3.63, 3.8) is 0 Å². The van der Waals surface area contributed by atoms with E-state index in [0.717, 1.165) is 0 Å². The summed E-state index contributed by atoms with van der Waals surface area (Å²) >= 11 is -0.926. The molecule has 1 radical (unpaired) electrons. The largest absolute Gasteiger partial charge is 1.00 e. The molecule has 0 aliphatic rings. The summed E-state index contributed by atoms with van der Waals surface area (Å²) in [4.78, 5) is 35.7. The van der Waals surface area contributed by atoms with E-state index in [4.69, 9.17) is 20.4 Å². The second-order valence-electron chi connectivity index (χ2n) is 7.25. The van der Waals surface area contributed by atoms with Gasteiger partial charge in [-0.05, 0) is 0 Å². The van der Waals surface area contributed by atoms with Gasteiger partial charge in [0.05, 0.1) is 0 Å². The van der Waals surface area contributed by atoms with Gasteiger partial charge in [0.2, 0.25) is 0 Å². The van der Waals surface area contributed by atoms with Crippen LogP contribution in [0.5, 0.6) is 17.2 Å². The zero-order chi connectivity index (χ0) is 25.9. The Hall–Kier alpha value is -2.62. The molecule has 36 heavy (non-hydrogen) atoms. The average Bonchev–Trinajstić information content (AvgIpc) is 2.83. The molecule has 0 fully saturated rings. The van der Waals surface area contributed by atoms with Crippen molar-refractivity contribution < 1.29 is 68.7 Å². The number of ether oxygens (including phenoxy) is 2. The summed E-state index contributed by atoms with van der Waals surface area (Å²) in [7, 11) is 7.98. The van der Waals surface area contributed by atoms with E-state index in [0.29, 0.717) is 21.0 Å². The van der Waals surface area contributed by atoms with Crippen molar-refractivity contribution in [2.24, 2.45) is 0 Å². The Labute approximate surface area is 240 Å². The van der Waals surface area contributed by atoms with E-state index in [1.54, 1.807) is 18.2 Å². The number of rotatable bonds is 8. The second kappa shape index (κ2) is 12.6. The van der Waals surface area contributed by atoms with Crippen LogP contribution in [-0.4, -0.2) is 62.0 Å². The van der Waals surface area contributed by atoms with Gasteiger partial charge in [0.1, 0.15) is 0 Å². The van der Waals surface area contributed by atoms with Crippen LogP contribution in [0.2, 0.25) is 0 Å². The number of nitrogens with one attached hydrogen (secondary N) is 1. The van der Waals surface area contributed by atoms with Crippen molar-refractivity contribution in [3.05, 3.63) is 53.6 Å². The molecule has 0 aromatic heterocycles. The normalized spacial score (nSPS) is 10.6. The number of amides is 1. The van der Waals surface area contributed by atoms with Crippen molar-refractivity contribution >= 4 is 53.4 Å². The Balaban J connectivity index is 0.00000456. The minimum Gasteiger partial charge on any atom is 1.00 e. The molecule has 0 spiro atoms. The molecule has 1 amide bonds. The van der Waals surface area contributed by atoms with Crippen molar-refractivity contribution in [3.8, 4) is 39.5 Å². The Morgan fingerprint density at radius 2 is 1.39 bits per heavy atom. The maximum atomic E-state index is 12.2. The number of phenols is 1. The molecule has 0 unspecified atom stereocenters. The fourth-order valence-corrected chi connectivity index (χ4v) is 5.14. The molecule has 0 bridgehead atoms. The number of carbonyl (C=O) groups is 3. The van der Waals surface area contributed by atoms with Crippen molar-refractivity contribution in [2.45, 2.75) is 6.92 Å². The molecule has 9 nitrogen and oxygen atoms in total. The Morgan fingerprint density at radius 3 is 1.83 bits per heavy atom. The van der Waals surface area contributed by atoms with Crippen LogP contribution in [0, 0.1) is 0 Å². The van der Waals surface area contributed by atoms with E-state index in [-0.39, 0.29) is 69.2 Å². The third-order valence-electron chi connectivity index (χ3n) is 5.14. The summed E-state index contributed by atoms with van der Waals surface area (Å²) in [5.41, 5.74) is 1.21. The van der Waals surface area contributed by atoms with Crippen molar-refractivity contribution in [1.29, 1.82) is 0 Å². The van der Waals surface area contributed by atoms with Crippen LogP contribution in [0.25, 0.3) is 22.3 Å². The van der Waals surface area contributed by atoms with E-state index in [1.807, 2.05) is 0 Å². The number of benzene rings is 3. The van der Waals surface area contributed by atoms with E-state index < -0.39 is 32.4 Å². The Morgan fingerprint density at radius 1 is 0.889 bits per heavy atom. The number of aromatic hydroxyl groups is 1. The number of aromatic carboxylic acids is 2. The summed E-state index contributed by atoms with van der Waals surface area (Å²) in [6.45, 7) is 1.28. The summed E-state index contributed by atoms with van der Waals surface area (Å²) < 4.78 is 10.7. The minimum absolute atomic E-state index is 0. The van der Waals surface area contributed by atoms with Gasteiger partial charge in [0.25, 0.3) is 0 Å². The van der Waals surface area contributed by atoms with Gasteiger partial charge in [-0.1, -0.05) is 0 Å². The first-order valence-corrected chi connectivity index (χ1v) is 13.6. The van der Waals surface area contributed by atoms with Crippen LogP contribution < -0.4 is 48.7 Å². The quantitative estimate of drug-likeness (QED) is 0.212. The van der Waals surface area contributed by atoms with Gasteiger partial charge in [-0.15, -0.1) is 0 Å². The molecular weight excluding hydrogens is 560 g/mol. The standard InChI is InChI=1S/C24H20AsNO8S.Na/c1-11(27)26-21-14(12-4-6-18(33-2)15(8-12)23(29)30)10-17(25-35)22(28)20(21)13-5-7-19(34-3)16(9-13)24(31)32;/h4-10,28H,1-3H3,(H,26,27)(H,29,30)(H,31,32);/q-1;+1. The van der Waals surface area contributed by atoms with E-state index in [9.17, 15) is 29.7 Å². The van der Waals surface area contributed by atoms with E-state index in [2.05, 4.69) is 5.32 Å². The van der Waals surface area contributed by atoms with Crippen LogP contribution in [0.1, 0.15) is 27.6 Å². The third-order valence-corrected chi connectivity index (χ3v) is 7.29. The van der Waals surface area contributed by atoms with Gasteiger partial charge < -0.3 is 0 Å². The van der Waals surface area contributed by atoms with E-state index in [1.165, 1.54) is 45.4 Å². The molecule has 3 aromatic carbocycles. The molecule has 0 saturated heterocycles. The van der Waals surface area contributed by atoms with Crippen LogP contribution in [-0.2, 0) is 15.7 Å². The number of carboxylic acid groups (broad SMARTS) is 2. The molecule has 0 heterocycles. The predicted octanol–water partition coefficient (Wildman–Crippen LogP) is -0.106. The van der Waals surface area contributed by atoms with Crippen LogP contribution >= 0.6 is 0 Å². The summed E-state index contributed by atoms with van der Waals surface area (Å²) in [5.74, 6) is -2.82. The summed E-state index contributed by atoms with van der Waals surface area (Å²) in [6.07, 6.45) is 0. The molecule has 12 heteroatoms. The number of hydrogen-bond donors (Lipinski definition) is 4. The minimum atomic E-state index is -1.24. The third kappa shape index (κ3) is 6.02. The average molecular weight is 580 g/mol. The zero-order valence-corrected chi connectivity index (χ0v) is 24.5. The number of phenolic OH excluding ortho intramolecular Hbond substituents is 1. The van der Waals surface area contributed by atoms with Crippen molar-refractivity contribution in [1.82, 2.24) is 0 Å². The van der Waals surface area contributed by atoms with E-state index >= 15 is 0 Å². The van der Waals surface area contributed by atoms with Gasteiger partial charge in [0, 0.05) is 0 Å². The van der Waals surface area contributed by atoms with Gasteiger partial charge in [0.15, 0.2) is 0 Å². The molecule has 3 rings (SSSR count). The molecule has 0 atom stereocenters. The topological polar surface area (TPSA) is 142 Å². The molecular formula is C24H20AsNNaO8S. The van der Waals surface area contributed by atoms with Gasteiger partial charge in [-0.2, -0.15) is 0 Å².